The summed E-state index contributed by atoms with van der Waals surface area (Å²) in [5.41, 5.74) is 0.483. The van der Waals surface area contributed by atoms with Crippen LogP contribution in [0.3, 0.4) is 0 Å². The third kappa shape index (κ3) is 17.5. The maximum atomic E-state index is 12.2. The maximum Gasteiger partial charge on any atom is 0.202 e. The van der Waals surface area contributed by atoms with Crippen LogP contribution >= 0.6 is 0 Å². The second-order valence-electron chi connectivity index (χ2n) is 16.2. The molecule has 4 aromatic carbocycles. The highest BCUT2D eigenvalue weighted by molar-refractivity contribution is 6.06. The quantitative estimate of drug-likeness (QED) is 0.0833. The lowest BCUT2D eigenvalue weighted by atomic mass is 9.92. The van der Waals surface area contributed by atoms with Gasteiger partial charge >= 0.3 is 0 Å². The molecule has 0 radical (unpaired) electrons. The van der Waals surface area contributed by atoms with Crippen LogP contribution in [-0.4, -0.2) is 85.1 Å². The van der Waals surface area contributed by atoms with Crippen molar-refractivity contribution in [3.63, 3.8) is 0 Å². The molecule has 12 N–H and O–H groups in total. The average Bonchev–Trinajstić information content (AvgIpc) is 3.20. The second-order valence-corrected chi connectivity index (χ2v) is 16.2. The number of Topliss-reactive ketones (excluding diaryl/α,β-unsaturated/α-hetero) is 2. The van der Waals surface area contributed by atoms with Crippen molar-refractivity contribution >= 4 is 11.6 Å². The van der Waals surface area contributed by atoms with Crippen LogP contribution in [0.25, 0.3) is 0 Å². The van der Waals surface area contributed by atoms with E-state index in [-0.39, 0.29) is 45.3 Å². The number of hydrogen-bond donors (Lipinski definition) is 12. The topological polar surface area (TPSA) is 295 Å². The van der Waals surface area contributed by atoms with Gasteiger partial charge in [0.25, 0.3) is 0 Å². The van der Waals surface area contributed by atoms with Crippen LogP contribution < -0.4 is 9.47 Å². The summed E-state index contributed by atoms with van der Waals surface area (Å²) >= 11 is 0. The van der Waals surface area contributed by atoms with Gasteiger partial charge in [0.2, 0.25) is 11.6 Å². The van der Waals surface area contributed by atoms with E-state index >= 15 is 0 Å². The normalized spacial score (nSPS) is 16.6. The molecule has 0 aliphatic carbocycles. The van der Waals surface area contributed by atoms with Crippen LogP contribution in [0.4, 0.5) is 0 Å². The Morgan fingerprint density at radius 2 is 0.609 bits per heavy atom. The number of aliphatic hydroxyl groups is 2. The summed E-state index contributed by atoms with van der Waals surface area (Å²) in [5.74, 6) is -7.92. The zero-order valence-corrected chi connectivity index (χ0v) is 39.9. The summed E-state index contributed by atoms with van der Waals surface area (Å²) in [4.78, 5) is 24.4. The fourth-order valence-corrected chi connectivity index (χ4v) is 4.91. The van der Waals surface area contributed by atoms with E-state index < -0.39 is 82.0 Å². The van der Waals surface area contributed by atoms with Gasteiger partial charge in [0.05, 0.1) is 0 Å². The fourth-order valence-electron chi connectivity index (χ4n) is 4.91. The molecule has 360 valence electrons. The van der Waals surface area contributed by atoms with Gasteiger partial charge in [0.1, 0.15) is 45.6 Å². The largest absolute Gasteiger partial charge is 0.508 e. The van der Waals surface area contributed by atoms with Crippen LogP contribution in [0, 0.1) is 10.8 Å². The molecule has 0 spiro atoms. The van der Waals surface area contributed by atoms with Crippen molar-refractivity contribution in [1.29, 1.82) is 0 Å². The highest BCUT2D eigenvalue weighted by Gasteiger charge is 2.41. The van der Waals surface area contributed by atoms with Crippen LogP contribution in [0.1, 0.15) is 155 Å². The summed E-state index contributed by atoms with van der Waals surface area (Å²) in [6.07, 6.45) is -6.07. The Kier molecular flexibility index (Phi) is 24.7. The minimum atomic E-state index is -1.72. The van der Waals surface area contributed by atoms with E-state index in [2.05, 4.69) is 55.4 Å². The van der Waals surface area contributed by atoms with E-state index in [1.807, 2.05) is 55.4 Å². The van der Waals surface area contributed by atoms with Crippen molar-refractivity contribution in [1.82, 2.24) is 0 Å². The first kappa shape index (κ1) is 59.8. The van der Waals surface area contributed by atoms with Crippen molar-refractivity contribution in [3.05, 3.63) is 70.8 Å². The predicted molar refractivity (Wildman–Crippen MR) is 245 cm³/mol. The van der Waals surface area contributed by atoms with Gasteiger partial charge in [-0.2, -0.15) is 0 Å². The number of carbonyl (C=O) groups is 2. The standard InChI is InChI=1S/2C15H12O8.2C5H12.4C2H6/c2*16-6-3-7(17)11-10(4-6)23-15(14(22)13(11)21)5-1-8(18)12(20)9(19)2-5;2*1-5(2,3)4;4*1-2/h2*1-4,14-20,22H;2*1-4H3;4*1-2H3. The molecule has 0 amide bonds. The van der Waals surface area contributed by atoms with E-state index in [0.29, 0.717) is 10.8 Å². The molecule has 64 heavy (non-hydrogen) atoms. The van der Waals surface area contributed by atoms with Crippen molar-refractivity contribution < 1.29 is 80.3 Å². The van der Waals surface area contributed by atoms with Crippen LogP contribution in [0.2, 0.25) is 0 Å². The summed E-state index contributed by atoms with van der Waals surface area (Å²) in [6, 6.07) is 8.12. The summed E-state index contributed by atoms with van der Waals surface area (Å²) < 4.78 is 10.8. The number of carbonyl (C=O) groups excluding carboxylic acids is 2. The van der Waals surface area contributed by atoms with Crippen LogP contribution in [0.5, 0.6) is 69.0 Å². The Morgan fingerprint density at radius 3 is 0.828 bits per heavy atom. The average molecular weight is 905 g/mol. The number of fused-ring (bicyclic) bond motifs is 2. The molecule has 0 saturated carbocycles. The second kappa shape index (κ2) is 26.4. The molecule has 6 rings (SSSR count). The highest BCUT2D eigenvalue weighted by Crippen LogP contribution is 2.46. The summed E-state index contributed by atoms with van der Waals surface area (Å²) in [5, 5.41) is 115. The summed E-state index contributed by atoms with van der Waals surface area (Å²) in [7, 11) is 0. The highest BCUT2D eigenvalue weighted by atomic mass is 16.5. The lowest BCUT2D eigenvalue weighted by molar-refractivity contribution is 0.0207. The first-order valence-electron chi connectivity index (χ1n) is 21.0. The molecule has 0 bridgehead atoms. The number of hydrogen-bond acceptors (Lipinski definition) is 16. The molecule has 0 aromatic heterocycles. The molecule has 2 aliphatic heterocycles. The molecule has 16 heteroatoms. The zero-order valence-electron chi connectivity index (χ0n) is 39.9. The van der Waals surface area contributed by atoms with Gasteiger partial charge in [0.15, 0.2) is 58.9 Å². The molecule has 2 aliphatic rings. The Morgan fingerprint density at radius 1 is 0.391 bits per heavy atom. The zero-order chi connectivity index (χ0) is 50.8. The molecule has 0 saturated heterocycles. The minimum Gasteiger partial charge on any atom is -0.508 e. The van der Waals surface area contributed by atoms with E-state index in [4.69, 9.17) is 9.47 Å². The third-order valence-electron chi connectivity index (χ3n) is 7.08. The van der Waals surface area contributed by atoms with Gasteiger partial charge in [-0.3, -0.25) is 9.59 Å². The summed E-state index contributed by atoms with van der Waals surface area (Å²) in [6.45, 7) is 33.5. The van der Waals surface area contributed by atoms with Gasteiger partial charge in [-0.25, -0.2) is 0 Å². The number of ketones is 2. The van der Waals surface area contributed by atoms with Crippen LogP contribution in [0.15, 0.2) is 48.5 Å². The molecule has 4 unspecified atom stereocenters. The Balaban J connectivity index is 0. The van der Waals surface area contributed by atoms with E-state index in [1.54, 1.807) is 0 Å². The third-order valence-corrected chi connectivity index (χ3v) is 7.08. The van der Waals surface area contributed by atoms with Gasteiger partial charge in [-0.1, -0.05) is 111 Å². The van der Waals surface area contributed by atoms with Crippen molar-refractivity contribution in [2.45, 2.75) is 135 Å². The number of rotatable bonds is 2. The molecule has 2 heterocycles. The van der Waals surface area contributed by atoms with E-state index in [9.17, 15) is 70.9 Å². The minimum absolute atomic E-state index is 0.0205. The Bertz CT molecular complexity index is 1890. The van der Waals surface area contributed by atoms with Crippen LogP contribution in [-0.2, 0) is 0 Å². The first-order valence-corrected chi connectivity index (χ1v) is 21.0. The number of phenolic OH excluding ortho intramolecular Hbond substituents is 10. The van der Waals surface area contributed by atoms with Gasteiger partial charge in [-0.05, 0) is 35.1 Å². The first-order chi connectivity index (χ1) is 29.6. The molecular formula is C48H72O16. The van der Waals surface area contributed by atoms with E-state index in [0.717, 1.165) is 48.5 Å². The number of benzene rings is 4. The molecule has 4 aromatic rings. The molecule has 0 fully saturated rings. The molecule has 16 nitrogen and oxygen atoms in total. The van der Waals surface area contributed by atoms with Gasteiger partial charge in [0, 0.05) is 35.4 Å². The van der Waals surface area contributed by atoms with Crippen molar-refractivity contribution in [3.8, 4) is 69.0 Å². The van der Waals surface area contributed by atoms with E-state index in [1.165, 1.54) is 0 Å². The fraction of sp³-hybridized carbons (Fsp3) is 0.458. The Labute approximate surface area is 376 Å². The van der Waals surface area contributed by atoms with Gasteiger partial charge in [-0.15, -0.1) is 0 Å². The lowest BCUT2D eigenvalue weighted by Gasteiger charge is -2.30. The Hall–Kier alpha value is -6.26. The van der Waals surface area contributed by atoms with Crippen molar-refractivity contribution in [2.24, 2.45) is 10.8 Å². The predicted octanol–water partition coefficient (Wildman–Crippen LogP) is 9.99. The number of phenols is 10. The maximum absolute atomic E-state index is 12.2. The van der Waals surface area contributed by atoms with Gasteiger partial charge < -0.3 is 70.8 Å². The SMILES string of the molecule is CC.CC.CC.CC.CC(C)(C)C.CC(C)(C)C.O=C1c2c(O)cc(O)cc2OC(c2cc(O)c(O)c(O)c2)C1O.O=C1c2c(O)cc(O)cc2OC(c2cc(O)c(O)c(O)c2)C1O. The smallest absolute Gasteiger partial charge is 0.202 e. The number of aromatic hydroxyl groups is 10. The molecular weight excluding hydrogens is 833 g/mol. The number of ether oxygens (including phenoxy) is 2. The van der Waals surface area contributed by atoms with Crippen molar-refractivity contribution in [2.75, 3.05) is 0 Å². The monoisotopic (exact) mass is 904 g/mol. The molecule has 4 atom stereocenters. The number of aliphatic hydroxyl groups excluding tert-OH is 2. The lowest BCUT2D eigenvalue weighted by Crippen LogP contribution is -2.36.